The van der Waals surface area contributed by atoms with Crippen LogP contribution in [0.4, 0.5) is 0 Å². The summed E-state index contributed by atoms with van der Waals surface area (Å²) >= 11 is 4.23. The van der Waals surface area contributed by atoms with Crippen molar-refractivity contribution < 1.29 is 0 Å². The standard InChI is InChI=1S/C9H11NS/c1-7(10-2)8-4-3-5-9(11)6-8/h3-6,11H,1-2H3. The van der Waals surface area contributed by atoms with E-state index in [9.17, 15) is 0 Å². The van der Waals surface area contributed by atoms with E-state index in [4.69, 9.17) is 0 Å². The van der Waals surface area contributed by atoms with Gasteiger partial charge in [-0.1, -0.05) is 12.1 Å². The van der Waals surface area contributed by atoms with Gasteiger partial charge in [-0.2, -0.15) is 0 Å². The van der Waals surface area contributed by atoms with Crippen molar-refractivity contribution in [3.63, 3.8) is 0 Å². The Labute approximate surface area is 72.6 Å². The van der Waals surface area contributed by atoms with Crippen molar-refractivity contribution in [1.29, 1.82) is 0 Å². The van der Waals surface area contributed by atoms with Gasteiger partial charge in [-0.15, -0.1) is 12.6 Å². The largest absolute Gasteiger partial charge is 0.293 e. The topological polar surface area (TPSA) is 12.4 Å². The van der Waals surface area contributed by atoms with Crippen LogP contribution < -0.4 is 0 Å². The lowest BCUT2D eigenvalue weighted by atomic mass is 10.1. The predicted molar refractivity (Wildman–Crippen MR) is 51.8 cm³/mol. The van der Waals surface area contributed by atoms with E-state index in [1.54, 1.807) is 7.05 Å². The lowest BCUT2D eigenvalue weighted by Crippen LogP contribution is -1.92. The third-order valence-corrected chi connectivity index (χ3v) is 1.88. The highest BCUT2D eigenvalue weighted by atomic mass is 32.1. The van der Waals surface area contributed by atoms with Crippen LogP contribution in [0.1, 0.15) is 12.5 Å². The van der Waals surface area contributed by atoms with Crippen LogP contribution >= 0.6 is 12.6 Å². The highest BCUT2D eigenvalue weighted by Crippen LogP contribution is 2.09. The fourth-order valence-corrected chi connectivity index (χ4v) is 1.09. The molecule has 1 nitrogen and oxygen atoms in total. The third-order valence-electron chi connectivity index (χ3n) is 1.60. The second-order valence-electron chi connectivity index (χ2n) is 2.36. The average Bonchev–Trinajstić information content (AvgIpc) is 2.03. The number of hydrogen-bond acceptors (Lipinski definition) is 2. The lowest BCUT2D eigenvalue weighted by molar-refractivity contribution is 1.38. The molecule has 11 heavy (non-hydrogen) atoms. The molecule has 0 bridgehead atoms. The van der Waals surface area contributed by atoms with Gasteiger partial charge < -0.3 is 0 Å². The van der Waals surface area contributed by atoms with Gasteiger partial charge in [-0.25, -0.2) is 0 Å². The second kappa shape index (κ2) is 3.58. The predicted octanol–water partition coefficient (Wildman–Crippen LogP) is 2.41. The average molecular weight is 165 g/mol. The summed E-state index contributed by atoms with van der Waals surface area (Å²) < 4.78 is 0. The van der Waals surface area contributed by atoms with E-state index in [1.807, 2.05) is 31.2 Å². The fraction of sp³-hybridized carbons (Fsp3) is 0.222. The summed E-state index contributed by atoms with van der Waals surface area (Å²) in [5.74, 6) is 0. The Bertz CT molecular complexity index is 279. The van der Waals surface area contributed by atoms with Gasteiger partial charge in [0.1, 0.15) is 0 Å². The third kappa shape index (κ3) is 2.09. The summed E-state index contributed by atoms with van der Waals surface area (Å²) in [6.07, 6.45) is 0. The molecule has 0 heterocycles. The van der Waals surface area contributed by atoms with E-state index in [1.165, 1.54) is 0 Å². The first-order chi connectivity index (χ1) is 5.24. The minimum Gasteiger partial charge on any atom is -0.293 e. The van der Waals surface area contributed by atoms with E-state index in [0.29, 0.717) is 0 Å². The second-order valence-corrected chi connectivity index (χ2v) is 2.88. The van der Waals surface area contributed by atoms with Gasteiger partial charge in [0.15, 0.2) is 0 Å². The molecular weight excluding hydrogens is 154 g/mol. The number of rotatable bonds is 1. The molecule has 0 spiro atoms. The minimum atomic E-state index is 0.977. The first-order valence-electron chi connectivity index (χ1n) is 3.47. The molecule has 0 aliphatic carbocycles. The van der Waals surface area contributed by atoms with Crippen LogP contribution in [0.5, 0.6) is 0 Å². The first kappa shape index (κ1) is 8.34. The summed E-state index contributed by atoms with van der Waals surface area (Å²) in [5, 5.41) is 0. The molecule has 0 aromatic heterocycles. The van der Waals surface area contributed by atoms with Gasteiger partial charge >= 0.3 is 0 Å². The fourth-order valence-electron chi connectivity index (χ4n) is 0.860. The Morgan fingerprint density at radius 3 is 2.73 bits per heavy atom. The van der Waals surface area contributed by atoms with Crippen LogP contribution in [-0.4, -0.2) is 12.8 Å². The highest BCUT2D eigenvalue weighted by Gasteiger charge is 1.94. The maximum atomic E-state index is 4.23. The van der Waals surface area contributed by atoms with Crippen molar-refractivity contribution in [1.82, 2.24) is 0 Å². The van der Waals surface area contributed by atoms with Crippen LogP contribution in [0.3, 0.4) is 0 Å². The number of benzene rings is 1. The zero-order valence-corrected chi connectivity index (χ0v) is 7.60. The van der Waals surface area contributed by atoms with Crippen molar-refractivity contribution in [3.8, 4) is 0 Å². The molecule has 0 saturated heterocycles. The molecule has 1 aromatic rings. The summed E-state index contributed by atoms with van der Waals surface area (Å²) in [7, 11) is 1.79. The number of thiol groups is 1. The summed E-state index contributed by atoms with van der Waals surface area (Å²) in [6, 6.07) is 7.97. The molecule has 1 rings (SSSR count). The zero-order chi connectivity index (χ0) is 8.27. The van der Waals surface area contributed by atoms with E-state index < -0.39 is 0 Å². The van der Waals surface area contributed by atoms with E-state index >= 15 is 0 Å². The van der Waals surface area contributed by atoms with E-state index in [-0.39, 0.29) is 0 Å². The molecule has 0 saturated carbocycles. The van der Waals surface area contributed by atoms with Crippen LogP contribution in [-0.2, 0) is 0 Å². The Balaban J connectivity index is 3.06. The maximum Gasteiger partial charge on any atom is 0.0386 e. The van der Waals surface area contributed by atoms with Crippen molar-refractivity contribution in [3.05, 3.63) is 29.8 Å². The molecule has 0 N–H and O–H groups in total. The summed E-state index contributed by atoms with van der Waals surface area (Å²) in [6.45, 7) is 1.99. The summed E-state index contributed by atoms with van der Waals surface area (Å²) in [4.78, 5) is 5.06. The van der Waals surface area contributed by atoms with Crippen molar-refractivity contribution in [2.45, 2.75) is 11.8 Å². The normalized spacial score (nSPS) is 11.7. The van der Waals surface area contributed by atoms with Crippen molar-refractivity contribution in [2.75, 3.05) is 7.05 Å². The van der Waals surface area contributed by atoms with Crippen LogP contribution in [0.25, 0.3) is 0 Å². The highest BCUT2D eigenvalue weighted by molar-refractivity contribution is 7.80. The van der Waals surface area contributed by atoms with Gasteiger partial charge in [0.25, 0.3) is 0 Å². The molecule has 1 aromatic carbocycles. The molecule has 0 fully saturated rings. The van der Waals surface area contributed by atoms with Crippen LogP contribution in [0.2, 0.25) is 0 Å². The maximum absolute atomic E-state index is 4.23. The Morgan fingerprint density at radius 2 is 2.18 bits per heavy atom. The monoisotopic (exact) mass is 165 g/mol. The van der Waals surface area contributed by atoms with Crippen molar-refractivity contribution >= 4 is 18.3 Å². The molecule has 0 atom stereocenters. The zero-order valence-electron chi connectivity index (χ0n) is 6.70. The van der Waals surface area contributed by atoms with Gasteiger partial charge in [0.05, 0.1) is 0 Å². The SMILES string of the molecule is CN=C(C)c1cccc(S)c1. The molecule has 58 valence electrons. The molecule has 0 aliphatic heterocycles. The summed E-state index contributed by atoms with van der Waals surface area (Å²) in [5.41, 5.74) is 2.18. The van der Waals surface area contributed by atoms with E-state index in [0.717, 1.165) is 16.2 Å². The van der Waals surface area contributed by atoms with Crippen LogP contribution in [0, 0.1) is 0 Å². The number of aliphatic imine (C=N–C) groups is 1. The van der Waals surface area contributed by atoms with Gasteiger partial charge in [0.2, 0.25) is 0 Å². The minimum absolute atomic E-state index is 0.977. The van der Waals surface area contributed by atoms with Gasteiger partial charge in [-0.05, 0) is 24.6 Å². The van der Waals surface area contributed by atoms with Crippen LogP contribution in [0.15, 0.2) is 34.2 Å². The molecule has 0 aliphatic rings. The lowest BCUT2D eigenvalue weighted by Gasteiger charge is -1.99. The van der Waals surface area contributed by atoms with E-state index in [2.05, 4.69) is 17.6 Å². The quantitative estimate of drug-likeness (QED) is 0.484. The Kier molecular flexibility index (Phi) is 2.71. The Morgan fingerprint density at radius 1 is 1.45 bits per heavy atom. The van der Waals surface area contributed by atoms with Crippen molar-refractivity contribution in [2.24, 2.45) is 4.99 Å². The number of nitrogens with zero attached hydrogens (tertiary/aromatic N) is 1. The van der Waals surface area contributed by atoms with Gasteiger partial charge in [0, 0.05) is 17.7 Å². The first-order valence-corrected chi connectivity index (χ1v) is 3.91. The Hall–Kier alpha value is -0.760. The molecule has 0 radical (unpaired) electrons. The molecule has 0 unspecified atom stereocenters. The van der Waals surface area contributed by atoms with Gasteiger partial charge in [-0.3, -0.25) is 4.99 Å². The molecular formula is C9H11NS. The number of hydrogen-bond donors (Lipinski definition) is 1. The molecule has 0 amide bonds. The molecule has 2 heteroatoms. The smallest absolute Gasteiger partial charge is 0.0386 e.